The summed E-state index contributed by atoms with van der Waals surface area (Å²) in [5.41, 5.74) is 0.381. The van der Waals surface area contributed by atoms with Crippen molar-refractivity contribution in [2.45, 2.75) is 25.6 Å². The minimum atomic E-state index is -1.38. The van der Waals surface area contributed by atoms with Gasteiger partial charge >= 0.3 is 5.97 Å². The molecule has 1 fully saturated rings. The lowest BCUT2D eigenvalue weighted by molar-refractivity contribution is -0.139. The number of oxime groups is 1. The number of carboxylic acid groups (broad SMARTS) is 1. The Bertz CT molecular complexity index is 525. The first-order valence-corrected chi connectivity index (χ1v) is 7.20. The van der Waals surface area contributed by atoms with E-state index in [0.29, 0.717) is 12.2 Å². The molecule has 2 rings (SSSR count). The Morgan fingerprint density at radius 3 is 2.89 bits per heavy atom. The molecular weight excluding hydrogens is 272 g/mol. The normalized spacial score (nSPS) is 28.2. The first-order valence-electron chi connectivity index (χ1n) is 5.82. The Morgan fingerprint density at radius 2 is 2.32 bits per heavy atom. The second-order valence-electron chi connectivity index (χ2n) is 4.30. The number of carbonyl (C=O) groups is 2. The third kappa shape index (κ3) is 2.16. The Kier molecular flexibility index (Phi) is 3.70. The van der Waals surface area contributed by atoms with Crippen LogP contribution in [0.3, 0.4) is 0 Å². The fourth-order valence-corrected chi connectivity index (χ4v) is 3.55. The van der Waals surface area contributed by atoms with E-state index < -0.39 is 28.0 Å². The van der Waals surface area contributed by atoms with Crippen molar-refractivity contribution in [3.05, 3.63) is 11.3 Å². The summed E-state index contributed by atoms with van der Waals surface area (Å²) >= 11 is 0. The largest absolute Gasteiger partial charge is 0.477 e. The molecule has 1 amide bonds. The van der Waals surface area contributed by atoms with Crippen molar-refractivity contribution in [3.63, 3.8) is 0 Å². The molecule has 0 saturated carbocycles. The summed E-state index contributed by atoms with van der Waals surface area (Å²) in [5, 5.41) is 12.0. The highest BCUT2D eigenvalue weighted by Crippen LogP contribution is 2.32. The third-order valence-electron chi connectivity index (χ3n) is 2.82. The number of amides is 1. The second-order valence-corrected chi connectivity index (χ2v) is 5.79. The van der Waals surface area contributed by atoms with Crippen LogP contribution < -0.4 is 0 Å². The van der Waals surface area contributed by atoms with Gasteiger partial charge in [0.05, 0.1) is 10.8 Å². The molecule has 0 aromatic rings. The van der Waals surface area contributed by atoms with E-state index >= 15 is 0 Å². The van der Waals surface area contributed by atoms with Gasteiger partial charge in [0.25, 0.3) is 5.91 Å². The SMILES string of the molecule is CCCO/N=C1/C(=O)N2C(C(=O)O)=C(C)CS(=O)[C@H]12. The number of carbonyl (C=O) groups excluding carboxylic acids is 1. The molecular formula is C11H14N2O5S. The maximum atomic E-state index is 12.0. The summed E-state index contributed by atoms with van der Waals surface area (Å²) in [5.74, 6) is -1.62. The van der Waals surface area contributed by atoms with Crippen molar-refractivity contribution < 1.29 is 23.7 Å². The average Bonchev–Trinajstić information content (AvgIpc) is 2.34. The van der Waals surface area contributed by atoms with Crippen LogP contribution in [0.25, 0.3) is 0 Å². The number of rotatable bonds is 4. The number of carboxylic acids is 1. The van der Waals surface area contributed by atoms with Gasteiger partial charge in [0.2, 0.25) is 0 Å². The van der Waals surface area contributed by atoms with Crippen molar-refractivity contribution in [3.8, 4) is 0 Å². The lowest BCUT2D eigenvalue weighted by Gasteiger charge is -2.43. The van der Waals surface area contributed by atoms with Gasteiger partial charge in [-0.05, 0) is 18.9 Å². The highest BCUT2D eigenvalue weighted by atomic mass is 32.2. The van der Waals surface area contributed by atoms with Crippen molar-refractivity contribution in [1.82, 2.24) is 4.90 Å². The highest BCUT2D eigenvalue weighted by molar-refractivity contribution is 7.87. The van der Waals surface area contributed by atoms with Gasteiger partial charge in [-0.15, -0.1) is 0 Å². The molecule has 104 valence electrons. The van der Waals surface area contributed by atoms with Crippen molar-refractivity contribution >= 4 is 28.4 Å². The standard InChI is InChI=1S/C11H14N2O5S/c1-3-4-18-12-7-9(14)13-8(11(15)16)6(2)5-19(17)10(7)13/h10H,3-5H2,1-2H3,(H,15,16)/b12-7-/t10-,19?/m1/s1. The molecule has 2 atom stereocenters. The smallest absolute Gasteiger partial charge is 0.352 e. The summed E-state index contributed by atoms with van der Waals surface area (Å²) in [6, 6.07) is 0. The van der Waals surface area contributed by atoms with Gasteiger partial charge in [-0.2, -0.15) is 0 Å². The Labute approximate surface area is 112 Å². The molecule has 1 N–H and O–H groups in total. The minimum absolute atomic E-state index is 0.0398. The zero-order chi connectivity index (χ0) is 14.2. The van der Waals surface area contributed by atoms with Crippen molar-refractivity contribution in [1.29, 1.82) is 0 Å². The molecule has 7 nitrogen and oxygen atoms in total. The zero-order valence-electron chi connectivity index (χ0n) is 10.6. The molecule has 8 heteroatoms. The Hall–Kier alpha value is -1.70. The van der Waals surface area contributed by atoms with E-state index in [-0.39, 0.29) is 17.2 Å². The Morgan fingerprint density at radius 1 is 1.63 bits per heavy atom. The van der Waals surface area contributed by atoms with Crippen LogP contribution in [-0.4, -0.2) is 49.5 Å². The van der Waals surface area contributed by atoms with Crippen LogP contribution in [-0.2, 0) is 25.2 Å². The van der Waals surface area contributed by atoms with Crippen molar-refractivity contribution in [2.24, 2.45) is 5.16 Å². The van der Waals surface area contributed by atoms with Crippen LogP contribution in [0.1, 0.15) is 20.3 Å². The molecule has 0 spiro atoms. The van der Waals surface area contributed by atoms with Crippen LogP contribution in [0, 0.1) is 0 Å². The first kappa shape index (κ1) is 13.7. The van der Waals surface area contributed by atoms with Gasteiger partial charge in [0.1, 0.15) is 12.3 Å². The number of hydrogen-bond acceptors (Lipinski definition) is 5. The fraction of sp³-hybridized carbons (Fsp3) is 0.545. The highest BCUT2D eigenvalue weighted by Gasteiger charge is 2.54. The van der Waals surface area contributed by atoms with Crippen LogP contribution in [0.5, 0.6) is 0 Å². The van der Waals surface area contributed by atoms with Crippen LogP contribution in [0.2, 0.25) is 0 Å². The lowest BCUT2D eigenvalue weighted by Crippen LogP contribution is -2.66. The van der Waals surface area contributed by atoms with Gasteiger partial charge in [-0.3, -0.25) is 13.9 Å². The lowest BCUT2D eigenvalue weighted by atomic mass is 10.1. The molecule has 0 aromatic heterocycles. The monoisotopic (exact) mass is 286 g/mol. The van der Waals surface area contributed by atoms with E-state index in [1.54, 1.807) is 6.92 Å². The zero-order valence-corrected chi connectivity index (χ0v) is 11.4. The Balaban J connectivity index is 2.29. The van der Waals surface area contributed by atoms with Gasteiger partial charge in [-0.25, -0.2) is 4.79 Å². The molecule has 2 heterocycles. The summed E-state index contributed by atoms with van der Waals surface area (Å²) in [7, 11) is -1.38. The van der Waals surface area contributed by atoms with E-state index in [9.17, 15) is 13.8 Å². The number of β-lactam (4-membered cyclic amide) rings is 1. The molecule has 2 aliphatic heterocycles. The molecule has 19 heavy (non-hydrogen) atoms. The molecule has 0 aromatic carbocycles. The molecule has 1 unspecified atom stereocenters. The van der Waals surface area contributed by atoms with E-state index in [4.69, 9.17) is 9.94 Å². The average molecular weight is 286 g/mol. The maximum Gasteiger partial charge on any atom is 0.352 e. The van der Waals surface area contributed by atoms with Crippen LogP contribution >= 0.6 is 0 Å². The fourth-order valence-electron chi connectivity index (χ4n) is 2.00. The molecule has 0 bridgehead atoms. The number of nitrogens with zero attached hydrogens (tertiary/aromatic N) is 2. The third-order valence-corrected chi connectivity index (χ3v) is 4.47. The van der Waals surface area contributed by atoms with Gasteiger partial charge in [-0.1, -0.05) is 12.1 Å². The van der Waals surface area contributed by atoms with E-state index in [1.165, 1.54) is 0 Å². The number of hydrogen-bond donors (Lipinski definition) is 1. The van der Waals surface area contributed by atoms with Crippen molar-refractivity contribution in [2.75, 3.05) is 12.4 Å². The number of aliphatic carboxylic acids is 1. The van der Waals surface area contributed by atoms with E-state index in [1.807, 2.05) is 6.92 Å². The summed E-state index contributed by atoms with van der Waals surface area (Å²) in [4.78, 5) is 29.0. The topological polar surface area (TPSA) is 96.3 Å². The first-order chi connectivity index (χ1) is 8.99. The molecule has 2 aliphatic rings. The predicted molar refractivity (Wildman–Crippen MR) is 67.7 cm³/mol. The van der Waals surface area contributed by atoms with Gasteiger partial charge in [0, 0.05) is 5.75 Å². The quantitative estimate of drug-likeness (QED) is 0.448. The van der Waals surface area contributed by atoms with E-state index in [0.717, 1.165) is 11.3 Å². The summed E-state index contributed by atoms with van der Waals surface area (Å²) < 4.78 is 12.0. The predicted octanol–water partition coefficient (Wildman–Crippen LogP) is 0.0582. The van der Waals surface area contributed by atoms with Crippen LogP contribution in [0.4, 0.5) is 0 Å². The minimum Gasteiger partial charge on any atom is -0.477 e. The number of fused-ring (bicyclic) bond motifs is 1. The van der Waals surface area contributed by atoms with Gasteiger partial charge in [0.15, 0.2) is 11.1 Å². The summed E-state index contributed by atoms with van der Waals surface area (Å²) in [6.07, 6.45) is 0.738. The molecule has 0 aliphatic carbocycles. The molecule has 1 saturated heterocycles. The maximum absolute atomic E-state index is 12.0. The van der Waals surface area contributed by atoms with Gasteiger partial charge < -0.3 is 9.94 Å². The summed E-state index contributed by atoms with van der Waals surface area (Å²) in [6.45, 7) is 3.81. The van der Waals surface area contributed by atoms with Crippen LogP contribution in [0.15, 0.2) is 16.4 Å². The molecule has 0 radical (unpaired) electrons. The second kappa shape index (κ2) is 5.12. The van der Waals surface area contributed by atoms with E-state index in [2.05, 4.69) is 5.16 Å².